The van der Waals surface area contributed by atoms with Gasteiger partial charge in [0.05, 0.1) is 24.7 Å². The third-order valence-electron chi connectivity index (χ3n) is 2.96. The SMILES string of the molecule is C=N/C(CNCC)=C(/CO)N(C)CNCC(N)CC. The van der Waals surface area contributed by atoms with E-state index in [4.69, 9.17) is 5.73 Å². The van der Waals surface area contributed by atoms with Gasteiger partial charge >= 0.3 is 0 Å². The molecule has 0 aromatic carbocycles. The van der Waals surface area contributed by atoms with Gasteiger partial charge in [-0.15, -0.1) is 0 Å². The van der Waals surface area contributed by atoms with E-state index in [-0.39, 0.29) is 12.6 Å². The van der Waals surface area contributed by atoms with E-state index in [2.05, 4.69) is 29.3 Å². The van der Waals surface area contributed by atoms with Crippen LogP contribution in [0.3, 0.4) is 0 Å². The number of hydrogen-bond acceptors (Lipinski definition) is 6. The number of aliphatic hydroxyl groups excluding tert-OH is 1. The van der Waals surface area contributed by atoms with Crippen LogP contribution in [0.25, 0.3) is 0 Å². The molecule has 0 saturated heterocycles. The van der Waals surface area contributed by atoms with Crippen molar-refractivity contribution < 1.29 is 5.11 Å². The number of nitrogens with two attached hydrogens (primary N) is 1. The Kier molecular flexibility index (Phi) is 10.4. The molecule has 0 spiro atoms. The van der Waals surface area contributed by atoms with Gasteiger partial charge in [-0.25, -0.2) is 0 Å². The molecule has 0 aliphatic heterocycles. The number of hydrogen-bond donors (Lipinski definition) is 4. The van der Waals surface area contributed by atoms with Crippen LogP contribution >= 0.6 is 0 Å². The van der Waals surface area contributed by atoms with Crippen LogP contribution in [0.1, 0.15) is 20.3 Å². The molecule has 0 aromatic rings. The van der Waals surface area contributed by atoms with E-state index in [0.29, 0.717) is 13.2 Å². The molecule has 0 aliphatic rings. The first-order valence-corrected chi connectivity index (χ1v) is 6.78. The maximum Gasteiger partial charge on any atom is 0.0848 e. The lowest BCUT2D eigenvalue weighted by molar-refractivity contribution is 0.260. The number of aliphatic hydroxyl groups is 1. The molecule has 19 heavy (non-hydrogen) atoms. The number of aliphatic imine (C=N–C) groups is 1. The van der Waals surface area contributed by atoms with Crippen LogP contribution in [0, 0.1) is 0 Å². The van der Waals surface area contributed by atoms with E-state index in [1.807, 2.05) is 18.9 Å². The molecule has 1 atom stereocenters. The van der Waals surface area contributed by atoms with Gasteiger partial charge in [-0.2, -0.15) is 0 Å². The van der Waals surface area contributed by atoms with Crippen LogP contribution in [0.2, 0.25) is 0 Å². The van der Waals surface area contributed by atoms with Crippen LogP contribution in [0.5, 0.6) is 0 Å². The summed E-state index contributed by atoms with van der Waals surface area (Å²) in [6, 6.07) is 0.161. The molecule has 0 amide bonds. The average Bonchev–Trinajstić information content (AvgIpc) is 2.42. The van der Waals surface area contributed by atoms with Gasteiger partial charge in [0.25, 0.3) is 0 Å². The van der Waals surface area contributed by atoms with Crippen LogP contribution in [0.4, 0.5) is 0 Å². The van der Waals surface area contributed by atoms with Crippen molar-refractivity contribution in [2.45, 2.75) is 26.3 Å². The highest BCUT2D eigenvalue weighted by molar-refractivity contribution is 5.31. The van der Waals surface area contributed by atoms with E-state index in [1.54, 1.807) is 0 Å². The highest BCUT2D eigenvalue weighted by atomic mass is 16.3. The molecule has 0 fully saturated rings. The highest BCUT2D eigenvalue weighted by Gasteiger charge is 2.10. The van der Waals surface area contributed by atoms with E-state index in [9.17, 15) is 5.11 Å². The molecule has 0 bridgehead atoms. The Bertz CT molecular complexity index is 280. The summed E-state index contributed by atoms with van der Waals surface area (Å²) in [6.45, 7) is 10.4. The van der Waals surface area contributed by atoms with Gasteiger partial charge in [-0.3, -0.25) is 10.3 Å². The summed E-state index contributed by atoms with van der Waals surface area (Å²) >= 11 is 0. The van der Waals surface area contributed by atoms with Crippen LogP contribution in [0.15, 0.2) is 16.4 Å². The van der Waals surface area contributed by atoms with Crippen LogP contribution in [-0.4, -0.2) is 62.7 Å². The zero-order valence-electron chi connectivity index (χ0n) is 12.4. The largest absolute Gasteiger partial charge is 0.390 e. The van der Waals surface area contributed by atoms with Crippen molar-refractivity contribution in [1.82, 2.24) is 15.5 Å². The minimum absolute atomic E-state index is 0.0578. The van der Waals surface area contributed by atoms with Gasteiger partial charge < -0.3 is 21.1 Å². The highest BCUT2D eigenvalue weighted by Crippen LogP contribution is 2.08. The summed E-state index contributed by atoms with van der Waals surface area (Å²) in [7, 11) is 1.91. The van der Waals surface area contributed by atoms with Crippen LogP contribution < -0.4 is 16.4 Å². The maximum absolute atomic E-state index is 9.48. The minimum Gasteiger partial charge on any atom is -0.390 e. The van der Waals surface area contributed by atoms with E-state index >= 15 is 0 Å². The first kappa shape index (κ1) is 18.0. The zero-order chi connectivity index (χ0) is 14.7. The van der Waals surface area contributed by atoms with Crippen molar-refractivity contribution in [3.63, 3.8) is 0 Å². The van der Waals surface area contributed by atoms with Gasteiger partial charge in [-0.1, -0.05) is 13.8 Å². The molecular weight excluding hydrogens is 242 g/mol. The average molecular weight is 271 g/mol. The molecule has 0 rings (SSSR count). The molecule has 0 aliphatic carbocycles. The van der Waals surface area contributed by atoms with Gasteiger partial charge in [0.1, 0.15) is 0 Å². The first-order chi connectivity index (χ1) is 9.10. The molecular formula is C13H29N5O. The number of nitrogens with one attached hydrogen (secondary N) is 2. The first-order valence-electron chi connectivity index (χ1n) is 6.78. The maximum atomic E-state index is 9.48. The topological polar surface area (TPSA) is 85.9 Å². The Morgan fingerprint density at radius 3 is 2.58 bits per heavy atom. The van der Waals surface area contributed by atoms with Gasteiger partial charge in [-0.05, 0) is 19.7 Å². The van der Waals surface area contributed by atoms with E-state index < -0.39 is 0 Å². The second-order valence-corrected chi connectivity index (χ2v) is 4.47. The second kappa shape index (κ2) is 10.9. The summed E-state index contributed by atoms with van der Waals surface area (Å²) in [5.74, 6) is 0. The molecule has 112 valence electrons. The number of likely N-dealkylation sites (N-methyl/N-ethyl adjacent to an activating group) is 2. The molecule has 0 heterocycles. The minimum atomic E-state index is -0.0578. The van der Waals surface area contributed by atoms with Gasteiger partial charge in [0.2, 0.25) is 0 Å². The lowest BCUT2D eigenvalue weighted by Gasteiger charge is -2.24. The van der Waals surface area contributed by atoms with Gasteiger partial charge in [0, 0.05) is 26.2 Å². The smallest absolute Gasteiger partial charge is 0.0848 e. The fourth-order valence-corrected chi connectivity index (χ4v) is 1.58. The standard InChI is InChI=1S/C13H29N5O/c1-5-11(14)7-17-10-18(4)13(9-19)12(15-3)8-16-6-2/h11,16-17,19H,3,5-10,14H2,1-2,4H3/b13-12-. The Balaban J connectivity index is 4.46. The lowest BCUT2D eigenvalue weighted by Crippen LogP contribution is -2.39. The summed E-state index contributed by atoms with van der Waals surface area (Å²) < 4.78 is 0. The summed E-state index contributed by atoms with van der Waals surface area (Å²) in [4.78, 5) is 5.92. The molecule has 0 saturated carbocycles. The van der Waals surface area contributed by atoms with E-state index in [0.717, 1.165) is 30.9 Å². The number of rotatable bonds is 11. The monoisotopic (exact) mass is 271 g/mol. The third kappa shape index (κ3) is 7.27. The predicted octanol–water partition coefficient (Wildman–Crippen LogP) is -0.283. The molecule has 6 nitrogen and oxygen atoms in total. The lowest BCUT2D eigenvalue weighted by atomic mass is 10.2. The predicted molar refractivity (Wildman–Crippen MR) is 81.1 cm³/mol. The fraction of sp³-hybridized carbons (Fsp3) is 0.769. The Hall–Kier alpha value is -0.950. The fourth-order valence-electron chi connectivity index (χ4n) is 1.58. The van der Waals surface area contributed by atoms with Gasteiger partial charge in [0.15, 0.2) is 0 Å². The molecule has 6 heteroatoms. The van der Waals surface area contributed by atoms with Crippen molar-refractivity contribution >= 4 is 6.72 Å². The third-order valence-corrected chi connectivity index (χ3v) is 2.96. The molecule has 1 unspecified atom stereocenters. The quantitative estimate of drug-likeness (QED) is 0.307. The van der Waals surface area contributed by atoms with Crippen molar-refractivity contribution in [2.75, 3.05) is 40.0 Å². The Morgan fingerprint density at radius 2 is 2.11 bits per heavy atom. The second-order valence-electron chi connectivity index (χ2n) is 4.47. The summed E-state index contributed by atoms with van der Waals surface area (Å²) in [5.41, 5.74) is 7.38. The number of nitrogens with zero attached hydrogens (tertiary/aromatic N) is 2. The van der Waals surface area contributed by atoms with Crippen LogP contribution in [-0.2, 0) is 0 Å². The Labute approximate surface area is 116 Å². The normalized spacial score (nSPS) is 13.9. The van der Waals surface area contributed by atoms with Crippen molar-refractivity contribution in [2.24, 2.45) is 10.7 Å². The molecule has 5 N–H and O–H groups in total. The van der Waals surface area contributed by atoms with E-state index in [1.165, 1.54) is 0 Å². The summed E-state index contributed by atoms with van der Waals surface area (Å²) in [5, 5.41) is 15.9. The molecule has 0 radical (unpaired) electrons. The Morgan fingerprint density at radius 1 is 1.42 bits per heavy atom. The molecule has 0 aromatic heterocycles. The zero-order valence-corrected chi connectivity index (χ0v) is 12.4. The summed E-state index contributed by atoms with van der Waals surface area (Å²) in [6.07, 6.45) is 0.944. The van der Waals surface area contributed by atoms with Crippen molar-refractivity contribution in [1.29, 1.82) is 0 Å². The van der Waals surface area contributed by atoms with Crippen molar-refractivity contribution in [3.05, 3.63) is 11.4 Å². The van der Waals surface area contributed by atoms with Crippen molar-refractivity contribution in [3.8, 4) is 0 Å².